The number of rotatable bonds is 7. The van der Waals surface area contributed by atoms with E-state index in [-0.39, 0.29) is 12.7 Å². The zero-order valence-corrected chi connectivity index (χ0v) is 17.9. The van der Waals surface area contributed by atoms with Gasteiger partial charge in [0.1, 0.15) is 29.9 Å². The highest BCUT2D eigenvalue weighted by molar-refractivity contribution is 5.85. The van der Waals surface area contributed by atoms with Crippen molar-refractivity contribution in [3.63, 3.8) is 0 Å². The predicted molar refractivity (Wildman–Crippen MR) is 113 cm³/mol. The molecular formula is C21H27N5O5. The van der Waals surface area contributed by atoms with Gasteiger partial charge in [0, 0.05) is 12.8 Å². The van der Waals surface area contributed by atoms with Crippen molar-refractivity contribution in [1.29, 1.82) is 0 Å². The molecule has 166 valence electrons. The molecule has 1 aromatic carbocycles. The van der Waals surface area contributed by atoms with Gasteiger partial charge in [0.25, 0.3) is 0 Å². The highest BCUT2D eigenvalue weighted by Crippen LogP contribution is 2.33. The number of aryl methyl sites for hydroxylation is 1. The van der Waals surface area contributed by atoms with Gasteiger partial charge in [0.05, 0.1) is 19.0 Å². The van der Waals surface area contributed by atoms with Crippen LogP contribution in [0.15, 0.2) is 30.6 Å². The fourth-order valence-corrected chi connectivity index (χ4v) is 3.59. The molecule has 2 unspecified atom stereocenters. The van der Waals surface area contributed by atoms with E-state index in [0.717, 1.165) is 11.4 Å². The van der Waals surface area contributed by atoms with Crippen molar-refractivity contribution in [2.45, 2.75) is 51.4 Å². The normalized spacial score (nSPS) is 23.6. The molecule has 3 heterocycles. The minimum Gasteiger partial charge on any atom is -0.491 e. The quantitative estimate of drug-likeness (QED) is 0.517. The van der Waals surface area contributed by atoms with Gasteiger partial charge in [-0.1, -0.05) is 0 Å². The summed E-state index contributed by atoms with van der Waals surface area (Å²) in [6, 6.07) is 7.56. The molecule has 1 aliphatic rings. The summed E-state index contributed by atoms with van der Waals surface area (Å²) in [4.78, 5) is 13.4. The summed E-state index contributed by atoms with van der Waals surface area (Å²) in [5.74, 6) is 1.84. The summed E-state index contributed by atoms with van der Waals surface area (Å²) in [5.41, 5.74) is 1.83. The Balaban J connectivity index is 1.63. The van der Waals surface area contributed by atoms with E-state index in [2.05, 4.69) is 20.3 Å². The molecule has 3 N–H and O–H groups in total. The number of fused-ring (bicyclic) bond motifs is 1. The number of aliphatic hydroxyl groups is 2. The molecule has 0 radical (unpaired) electrons. The molecule has 3 aromatic rings. The minimum absolute atomic E-state index is 0.0991. The molecule has 4 atom stereocenters. The van der Waals surface area contributed by atoms with Gasteiger partial charge in [-0.15, -0.1) is 0 Å². The van der Waals surface area contributed by atoms with Crippen molar-refractivity contribution >= 4 is 22.7 Å². The SMILES string of the molecule is COC[C@H]1O[C@@H](n2cnc3c(Nc4ccc(OC(C)C)cc4)nc(C)nc32)C(O)C1O. The molecule has 10 nitrogen and oxygen atoms in total. The van der Waals surface area contributed by atoms with Gasteiger partial charge < -0.3 is 29.7 Å². The van der Waals surface area contributed by atoms with Crippen molar-refractivity contribution in [2.75, 3.05) is 19.0 Å². The smallest absolute Gasteiger partial charge is 0.167 e. The number of aromatic nitrogens is 4. The lowest BCUT2D eigenvalue weighted by atomic mass is 10.1. The van der Waals surface area contributed by atoms with Crippen LogP contribution in [0.5, 0.6) is 5.75 Å². The molecule has 1 aliphatic heterocycles. The Labute approximate surface area is 179 Å². The fourth-order valence-electron chi connectivity index (χ4n) is 3.59. The number of aliphatic hydroxyl groups excluding tert-OH is 2. The third-order valence-corrected chi connectivity index (χ3v) is 4.96. The molecule has 31 heavy (non-hydrogen) atoms. The lowest BCUT2D eigenvalue weighted by Gasteiger charge is -2.17. The number of benzene rings is 1. The summed E-state index contributed by atoms with van der Waals surface area (Å²) in [6.45, 7) is 5.89. The van der Waals surface area contributed by atoms with E-state index in [0.29, 0.717) is 22.8 Å². The molecule has 2 aromatic heterocycles. The number of hydrogen-bond donors (Lipinski definition) is 3. The summed E-state index contributed by atoms with van der Waals surface area (Å²) in [7, 11) is 1.51. The lowest BCUT2D eigenvalue weighted by molar-refractivity contribution is -0.0580. The molecule has 0 aliphatic carbocycles. The Morgan fingerprint density at radius 1 is 1.16 bits per heavy atom. The minimum atomic E-state index is -1.14. The van der Waals surface area contributed by atoms with Crippen LogP contribution in [-0.2, 0) is 9.47 Å². The highest BCUT2D eigenvalue weighted by Gasteiger charge is 2.44. The Bertz CT molecular complexity index is 1040. The van der Waals surface area contributed by atoms with Crippen LogP contribution in [-0.4, -0.2) is 67.9 Å². The number of methoxy groups -OCH3 is 1. The van der Waals surface area contributed by atoms with E-state index in [1.165, 1.54) is 13.4 Å². The Morgan fingerprint density at radius 2 is 1.90 bits per heavy atom. The highest BCUT2D eigenvalue weighted by atomic mass is 16.6. The van der Waals surface area contributed by atoms with Crippen molar-refractivity contribution in [3.8, 4) is 5.75 Å². The van der Waals surface area contributed by atoms with Crippen molar-refractivity contribution in [2.24, 2.45) is 0 Å². The number of anilines is 2. The van der Waals surface area contributed by atoms with Crippen LogP contribution < -0.4 is 10.1 Å². The first-order valence-corrected chi connectivity index (χ1v) is 10.1. The second-order valence-corrected chi connectivity index (χ2v) is 7.76. The zero-order valence-electron chi connectivity index (χ0n) is 17.9. The fraction of sp³-hybridized carbons (Fsp3) is 0.476. The first-order chi connectivity index (χ1) is 14.9. The average Bonchev–Trinajstić information content (AvgIpc) is 3.25. The van der Waals surface area contributed by atoms with Crippen molar-refractivity contribution in [3.05, 3.63) is 36.4 Å². The van der Waals surface area contributed by atoms with Gasteiger partial charge in [-0.3, -0.25) is 4.57 Å². The van der Waals surface area contributed by atoms with Gasteiger partial charge >= 0.3 is 0 Å². The maximum atomic E-state index is 10.5. The largest absolute Gasteiger partial charge is 0.491 e. The van der Waals surface area contributed by atoms with Gasteiger partial charge in [0.15, 0.2) is 23.2 Å². The lowest BCUT2D eigenvalue weighted by Crippen LogP contribution is -2.33. The van der Waals surface area contributed by atoms with Crippen molar-refractivity contribution < 1.29 is 24.4 Å². The average molecular weight is 429 g/mol. The first-order valence-electron chi connectivity index (χ1n) is 10.1. The molecule has 1 fully saturated rings. The second kappa shape index (κ2) is 8.75. The van der Waals surface area contributed by atoms with Crippen LogP contribution in [0.4, 0.5) is 11.5 Å². The Hall–Kier alpha value is -2.79. The van der Waals surface area contributed by atoms with Crippen LogP contribution in [0.2, 0.25) is 0 Å². The first kappa shape index (κ1) is 21.4. The van der Waals surface area contributed by atoms with E-state index >= 15 is 0 Å². The summed E-state index contributed by atoms with van der Waals surface area (Å²) in [5, 5.41) is 24.0. The van der Waals surface area contributed by atoms with E-state index in [9.17, 15) is 10.2 Å². The van der Waals surface area contributed by atoms with Gasteiger partial charge in [-0.2, -0.15) is 0 Å². The molecule has 0 bridgehead atoms. The van der Waals surface area contributed by atoms with E-state index in [1.807, 2.05) is 38.1 Å². The second-order valence-electron chi connectivity index (χ2n) is 7.76. The zero-order chi connectivity index (χ0) is 22.1. The molecule has 0 saturated carbocycles. The third kappa shape index (κ3) is 4.33. The third-order valence-electron chi connectivity index (χ3n) is 4.96. The number of nitrogens with one attached hydrogen (secondary N) is 1. The summed E-state index contributed by atoms with van der Waals surface area (Å²) < 4.78 is 18.2. The molecular weight excluding hydrogens is 402 g/mol. The summed E-state index contributed by atoms with van der Waals surface area (Å²) in [6.07, 6.45) is -2.07. The van der Waals surface area contributed by atoms with Crippen LogP contribution in [0.3, 0.4) is 0 Å². The number of hydrogen-bond acceptors (Lipinski definition) is 9. The van der Waals surface area contributed by atoms with Gasteiger partial charge in [-0.05, 0) is 45.0 Å². The van der Waals surface area contributed by atoms with Gasteiger partial charge in [0.2, 0.25) is 0 Å². The van der Waals surface area contributed by atoms with E-state index in [4.69, 9.17) is 14.2 Å². The molecule has 10 heteroatoms. The molecule has 4 rings (SSSR count). The number of imidazole rings is 1. The maximum Gasteiger partial charge on any atom is 0.167 e. The molecule has 0 spiro atoms. The van der Waals surface area contributed by atoms with Crippen LogP contribution >= 0.6 is 0 Å². The van der Waals surface area contributed by atoms with Crippen LogP contribution in [0, 0.1) is 6.92 Å². The maximum absolute atomic E-state index is 10.5. The van der Waals surface area contributed by atoms with Crippen LogP contribution in [0.25, 0.3) is 11.2 Å². The van der Waals surface area contributed by atoms with Crippen LogP contribution in [0.1, 0.15) is 25.9 Å². The number of nitrogens with zero attached hydrogens (tertiary/aromatic N) is 4. The molecule has 0 amide bonds. The Morgan fingerprint density at radius 3 is 2.58 bits per heavy atom. The molecule has 1 saturated heterocycles. The number of ether oxygens (including phenoxy) is 3. The summed E-state index contributed by atoms with van der Waals surface area (Å²) >= 11 is 0. The Kier molecular flexibility index (Phi) is 6.05. The topological polar surface area (TPSA) is 124 Å². The predicted octanol–water partition coefficient (Wildman–Crippen LogP) is 1.93. The van der Waals surface area contributed by atoms with E-state index in [1.54, 1.807) is 11.5 Å². The van der Waals surface area contributed by atoms with Crippen molar-refractivity contribution in [1.82, 2.24) is 19.5 Å². The standard InChI is InChI=1S/C21H27N5O5/c1-11(2)30-14-7-5-13(6-8-14)25-19-16-20(24-12(3)23-19)26(10-22-16)21-18(28)17(27)15(31-21)9-29-4/h5-8,10-11,15,17-18,21,27-28H,9H2,1-4H3,(H,23,24,25)/t15-,17?,18?,21-/m1/s1. The monoisotopic (exact) mass is 429 g/mol. The van der Waals surface area contributed by atoms with E-state index < -0.39 is 24.5 Å². The van der Waals surface area contributed by atoms with Gasteiger partial charge in [-0.25, -0.2) is 15.0 Å².